The van der Waals surface area contributed by atoms with Gasteiger partial charge in [0.1, 0.15) is 6.04 Å². The average Bonchev–Trinajstić information content (AvgIpc) is 3.43. The summed E-state index contributed by atoms with van der Waals surface area (Å²) in [4.78, 5) is 33.0. The Bertz CT molecular complexity index is 1110. The summed E-state index contributed by atoms with van der Waals surface area (Å²) in [5.41, 5.74) is 2.56. The molecule has 1 amide bonds. The van der Waals surface area contributed by atoms with Crippen LogP contribution in [0.2, 0.25) is 0 Å². The number of hydrogen-bond acceptors (Lipinski definition) is 4. The summed E-state index contributed by atoms with van der Waals surface area (Å²) in [5, 5.41) is 10.3. The maximum absolute atomic E-state index is 13.3. The zero-order chi connectivity index (χ0) is 29.3. The van der Waals surface area contributed by atoms with Crippen LogP contribution in [-0.4, -0.2) is 83.0 Å². The largest absolute Gasteiger partial charge is 0.480 e. The molecule has 6 nitrogen and oxygen atoms in total. The van der Waals surface area contributed by atoms with Crippen molar-refractivity contribution in [3.8, 4) is 0 Å². The minimum absolute atomic E-state index is 0.270. The molecule has 1 saturated carbocycles. The smallest absolute Gasteiger partial charge is 0.321 e. The number of aliphatic carboxylic acids is 1. The van der Waals surface area contributed by atoms with Crippen LogP contribution in [0.5, 0.6) is 0 Å². The molecule has 6 heteroatoms. The standard InChI is InChI=1S/C36H51N3O3/c1-2-22-39(34(40)19-18-28-12-6-3-7-13-28)32-20-23-37(24-21-32)25-31-26-38(27-33(31)29-14-8-4-9-15-29)35(36(41)42)30-16-10-5-11-17-30/h3-4,6-9,12-15,30-33,35H,2,5,10-11,16-27H2,1H3,(H,41,42)/t31-,33+,35+/m0/s1. The Hall–Kier alpha value is -2.70. The van der Waals surface area contributed by atoms with Gasteiger partial charge in [-0.2, -0.15) is 0 Å². The Labute approximate surface area is 253 Å². The van der Waals surface area contributed by atoms with E-state index in [-0.39, 0.29) is 17.9 Å². The van der Waals surface area contributed by atoms with Crippen molar-refractivity contribution in [2.24, 2.45) is 11.8 Å². The van der Waals surface area contributed by atoms with Crippen LogP contribution in [0.1, 0.15) is 81.8 Å². The maximum atomic E-state index is 13.3. The van der Waals surface area contributed by atoms with E-state index in [1.54, 1.807) is 0 Å². The van der Waals surface area contributed by atoms with E-state index in [4.69, 9.17) is 0 Å². The van der Waals surface area contributed by atoms with E-state index in [1.807, 2.05) is 18.2 Å². The molecule has 1 N–H and O–H groups in total. The number of likely N-dealkylation sites (tertiary alicyclic amines) is 2. The number of aryl methyl sites for hydroxylation is 1. The van der Waals surface area contributed by atoms with Crippen molar-refractivity contribution in [2.75, 3.05) is 39.3 Å². The molecule has 2 aromatic rings. The van der Waals surface area contributed by atoms with Crippen LogP contribution in [0.15, 0.2) is 60.7 Å². The van der Waals surface area contributed by atoms with Crippen LogP contribution in [0.4, 0.5) is 0 Å². The van der Waals surface area contributed by atoms with Crippen molar-refractivity contribution in [3.05, 3.63) is 71.8 Å². The lowest BCUT2D eigenvalue weighted by atomic mass is 9.83. The average molecular weight is 574 g/mol. The van der Waals surface area contributed by atoms with Crippen LogP contribution >= 0.6 is 0 Å². The number of amides is 1. The number of nitrogens with zero attached hydrogens (tertiary/aromatic N) is 3. The highest BCUT2D eigenvalue weighted by Crippen LogP contribution is 2.38. The highest BCUT2D eigenvalue weighted by molar-refractivity contribution is 5.77. The van der Waals surface area contributed by atoms with Gasteiger partial charge in [-0.1, -0.05) is 86.8 Å². The summed E-state index contributed by atoms with van der Waals surface area (Å²) < 4.78 is 0. The Morgan fingerprint density at radius 2 is 1.57 bits per heavy atom. The summed E-state index contributed by atoms with van der Waals surface area (Å²) in [6.07, 6.45) is 10.0. The van der Waals surface area contributed by atoms with Crippen molar-refractivity contribution in [1.82, 2.24) is 14.7 Å². The second-order valence-electron chi connectivity index (χ2n) is 13.0. The summed E-state index contributed by atoms with van der Waals surface area (Å²) in [6, 6.07) is 21.0. The lowest BCUT2D eigenvalue weighted by Crippen LogP contribution is -2.49. The molecular weight excluding hydrogens is 522 g/mol. The van der Waals surface area contributed by atoms with Gasteiger partial charge in [0.25, 0.3) is 0 Å². The fourth-order valence-electron chi connectivity index (χ4n) is 8.04. The predicted molar refractivity (Wildman–Crippen MR) is 168 cm³/mol. The molecular formula is C36H51N3O3. The second kappa shape index (κ2) is 15.2. The molecule has 2 heterocycles. The van der Waals surface area contributed by atoms with E-state index in [1.165, 1.54) is 17.5 Å². The van der Waals surface area contributed by atoms with Crippen LogP contribution in [0.25, 0.3) is 0 Å². The van der Waals surface area contributed by atoms with Crippen LogP contribution in [-0.2, 0) is 16.0 Å². The van der Waals surface area contributed by atoms with E-state index in [9.17, 15) is 14.7 Å². The van der Waals surface area contributed by atoms with Gasteiger partial charge in [-0.3, -0.25) is 14.5 Å². The van der Waals surface area contributed by atoms with Gasteiger partial charge in [-0.25, -0.2) is 0 Å². The summed E-state index contributed by atoms with van der Waals surface area (Å²) in [6.45, 7) is 7.68. The summed E-state index contributed by atoms with van der Waals surface area (Å²) in [7, 11) is 0. The molecule has 228 valence electrons. The third-order valence-corrected chi connectivity index (χ3v) is 10.2. The normalized spacial score (nSPS) is 23.5. The third-order valence-electron chi connectivity index (χ3n) is 10.2. The zero-order valence-electron chi connectivity index (χ0n) is 25.6. The maximum Gasteiger partial charge on any atom is 0.321 e. The van der Waals surface area contributed by atoms with Gasteiger partial charge in [0.15, 0.2) is 0 Å². The predicted octanol–water partition coefficient (Wildman–Crippen LogP) is 6.07. The van der Waals surface area contributed by atoms with Gasteiger partial charge >= 0.3 is 5.97 Å². The molecule has 2 aromatic carbocycles. The first kappa shape index (κ1) is 30.7. The molecule has 0 aromatic heterocycles. The molecule has 3 atom stereocenters. The lowest BCUT2D eigenvalue weighted by Gasteiger charge is -2.40. The summed E-state index contributed by atoms with van der Waals surface area (Å²) in [5.74, 6) is 0.686. The highest BCUT2D eigenvalue weighted by Gasteiger charge is 2.43. The van der Waals surface area contributed by atoms with E-state index >= 15 is 0 Å². The first-order chi connectivity index (χ1) is 20.5. The molecule has 3 fully saturated rings. The van der Waals surface area contributed by atoms with Gasteiger partial charge in [-0.05, 0) is 61.5 Å². The first-order valence-electron chi connectivity index (χ1n) is 16.6. The van der Waals surface area contributed by atoms with Gasteiger partial charge in [0.05, 0.1) is 0 Å². The van der Waals surface area contributed by atoms with Crippen LogP contribution < -0.4 is 0 Å². The van der Waals surface area contributed by atoms with E-state index in [0.717, 1.165) is 90.6 Å². The zero-order valence-corrected chi connectivity index (χ0v) is 25.6. The Kier molecular flexibility index (Phi) is 11.1. The Morgan fingerprint density at radius 1 is 0.905 bits per heavy atom. The molecule has 3 aliphatic rings. The molecule has 0 unspecified atom stereocenters. The molecule has 0 bridgehead atoms. The van der Waals surface area contributed by atoms with Gasteiger partial charge in [0.2, 0.25) is 5.91 Å². The highest BCUT2D eigenvalue weighted by atomic mass is 16.4. The molecule has 42 heavy (non-hydrogen) atoms. The lowest BCUT2D eigenvalue weighted by molar-refractivity contribution is -0.145. The minimum Gasteiger partial charge on any atom is -0.480 e. The first-order valence-corrected chi connectivity index (χ1v) is 16.6. The summed E-state index contributed by atoms with van der Waals surface area (Å²) >= 11 is 0. The number of piperidine rings is 1. The van der Waals surface area contributed by atoms with Crippen molar-refractivity contribution in [3.63, 3.8) is 0 Å². The Balaban J connectivity index is 1.21. The quantitative estimate of drug-likeness (QED) is 0.334. The van der Waals surface area contributed by atoms with Gasteiger partial charge in [-0.15, -0.1) is 0 Å². The van der Waals surface area contributed by atoms with E-state index in [0.29, 0.717) is 24.3 Å². The minimum atomic E-state index is -0.636. The molecule has 2 saturated heterocycles. The topological polar surface area (TPSA) is 64.1 Å². The fraction of sp³-hybridized carbons (Fsp3) is 0.611. The Morgan fingerprint density at radius 3 is 2.21 bits per heavy atom. The van der Waals surface area contributed by atoms with Crippen molar-refractivity contribution >= 4 is 11.9 Å². The van der Waals surface area contributed by atoms with Gasteiger partial charge < -0.3 is 14.9 Å². The number of carbonyl (C=O) groups excluding carboxylic acids is 1. The van der Waals surface area contributed by atoms with Crippen LogP contribution in [0, 0.1) is 11.8 Å². The number of carbonyl (C=O) groups is 2. The number of carboxylic acids is 1. The number of benzene rings is 2. The molecule has 0 spiro atoms. The SMILES string of the molecule is CCCN(C(=O)CCc1ccccc1)C1CCN(C[C@H]2CN([C@@H](C(=O)O)C3CCCCC3)C[C@@H]2c2ccccc2)CC1. The number of hydrogen-bond donors (Lipinski definition) is 1. The van der Waals surface area contributed by atoms with Crippen molar-refractivity contribution in [2.45, 2.75) is 89.1 Å². The molecule has 1 aliphatic carbocycles. The fourth-order valence-corrected chi connectivity index (χ4v) is 8.04. The number of carboxylic acid groups (broad SMARTS) is 1. The number of rotatable bonds is 12. The van der Waals surface area contributed by atoms with Crippen molar-refractivity contribution in [1.29, 1.82) is 0 Å². The van der Waals surface area contributed by atoms with Crippen molar-refractivity contribution < 1.29 is 14.7 Å². The molecule has 2 aliphatic heterocycles. The monoisotopic (exact) mass is 573 g/mol. The molecule has 5 rings (SSSR count). The molecule has 0 radical (unpaired) electrons. The van der Waals surface area contributed by atoms with E-state index < -0.39 is 5.97 Å². The van der Waals surface area contributed by atoms with Crippen LogP contribution in [0.3, 0.4) is 0 Å². The third kappa shape index (κ3) is 7.82. The van der Waals surface area contributed by atoms with Gasteiger partial charge in [0, 0.05) is 57.6 Å². The van der Waals surface area contributed by atoms with E-state index in [2.05, 4.69) is 64.1 Å². The second-order valence-corrected chi connectivity index (χ2v) is 13.0.